The van der Waals surface area contributed by atoms with Gasteiger partial charge >= 0.3 is 0 Å². The van der Waals surface area contributed by atoms with Crippen LogP contribution in [0.15, 0.2) is 30.5 Å². The Labute approximate surface area is 124 Å². The van der Waals surface area contributed by atoms with Gasteiger partial charge in [-0.2, -0.15) is 0 Å². The van der Waals surface area contributed by atoms with Gasteiger partial charge in [-0.25, -0.2) is 0 Å². The zero-order valence-electron chi connectivity index (χ0n) is 12.6. The molecule has 2 heterocycles. The number of hydrogen-bond donors (Lipinski definition) is 2. The van der Waals surface area contributed by atoms with Gasteiger partial charge in [0.2, 0.25) is 5.91 Å². The number of para-hydroxylation sites is 1. The van der Waals surface area contributed by atoms with E-state index in [4.69, 9.17) is 4.74 Å². The molecule has 1 fully saturated rings. The molecule has 1 aromatic heterocycles. The third kappa shape index (κ3) is 2.81. The summed E-state index contributed by atoms with van der Waals surface area (Å²) in [4.78, 5) is 15.4. The third-order valence-corrected chi connectivity index (χ3v) is 4.25. The maximum atomic E-state index is 12.1. The van der Waals surface area contributed by atoms with Crippen LogP contribution in [0, 0.1) is 0 Å². The molecule has 1 amide bonds. The van der Waals surface area contributed by atoms with E-state index in [0.29, 0.717) is 13.2 Å². The van der Waals surface area contributed by atoms with Crippen LogP contribution in [-0.4, -0.2) is 30.1 Å². The topological polar surface area (TPSA) is 54.1 Å². The highest BCUT2D eigenvalue weighted by Crippen LogP contribution is 2.29. The molecule has 0 bridgehead atoms. The number of fused-ring (bicyclic) bond motifs is 1. The normalized spacial score (nSPS) is 19.0. The summed E-state index contributed by atoms with van der Waals surface area (Å²) in [6.07, 6.45) is 3.59. The first-order chi connectivity index (χ1) is 10.1. The lowest BCUT2D eigenvalue weighted by molar-refractivity contribution is -0.130. The molecule has 0 aliphatic carbocycles. The van der Waals surface area contributed by atoms with E-state index in [0.717, 1.165) is 18.4 Å². The van der Waals surface area contributed by atoms with Gasteiger partial charge in [0.05, 0.1) is 0 Å². The monoisotopic (exact) mass is 286 g/mol. The molecular formula is C17H22N2O2. The zero-order valence-corrected chi connectivity index (χ0v) is 12.6. The quantitative estimate of drug-likeness (QED) is 0.908. The molecule has 4 heteroatoms. The molecule has 2 aromatic rings. The summed E-state index contributed by atoms with van der Waals surface area (Å²) in [6.45, 7) is 5.61. The van der Waals surface area contributed by atoms with Gasteiger partial charge in [-0.05, 0) is 24.5 Å². The minimum absolute atomic E-state index is 0.0143. The molecule has 1 aromatic carbocycles. The summed E-state index contributed by atoms with van der Waals surface area (Å²) in [7, 11) is 0. The minimum atomic E-state index is -0.260. The van der Waals surface area contributed by atoms with Gasteiger partial charge in [0.25, 0.3) is 0 Å². The number of benzene rings is 1. The van der Waals surface area contributed by atoms with Gasteiger partial charge in [-0.15, -0.1) is 0 Å². The Morgan fingerprint density at radius 2 is 2.24 bits per heavy atom. The van der Waals surface area contributed by atoms with E-state index < -0.39 is 0 Å². The first kappa shape index (κ1) is 14.1. The van der Waals surface area contributed by atoms with Crippen LogP contribution in [0.4, 0.5) is 0 Å². The number of rotatable bonds is 4. The van der Waals surface area contributed by atoms with Gasteiger partial charge in [0, 0.05) is 35.7 Å². The van der Waals surface area contributed by atoms with Crippen molar-refractivity contribution in [2.75, 3.05) is 13.2 Å². The highest BCUT2D eigenvalue weighted by molar-refractivity contribution is 5.84. The molecule has 1 saturated heterocycles. The Hall–Kier alpha value is -1.81. The van der Waals surface area contributed by atoms with E-state index in [1.807, 2.05) is 18.3 Å². The van der Waals surface area contributed by atoms with E-state index in [2.05, 4.69) is 36.3 Å². The number of ether oxygens (including phenoxy) is 1. The second-order valence-corrected chi connectivity index (χ2v) is 6.35. The zero-order chi connectivity index (χ0) is 14.9. The van der Waals surface area contributed by atoms with Crippen LogP contribution in [0.5, 0.6) is 0 Å². The molecule has 21 heavy (non-hydrogen) atoms. The Balaban J connectivity index is 1.72. The first-order valence-electron chi connectivity index (χ1n) is 7.54. The number of aromatic amines is 1. The smallest absolute Gasteiger partial charge is 0.249 e. The predicted octanol–water partition coefficient (Wildman–Crippen LogP) is 2.74. The minimum Gasteiger partial charge on any atom is -0.368 e. The Morgan fingerprint density at radius 1 is 1.43 bits per heavy atom. The second-order valence-electron chi connectivity index (χ2n) is 6.35. The fourth-order valence-electron chi connectivity index (χ4n) is 2.93. The maximum absolute atomic E-state index is 12.1. The van der Waals surface area contributed by atoms with Crippen molar-refractivity contribution in [2.45, 2.75) is 38.2 Å². The van der Waals surface area contributed by atoms with Crippen molar-refractivity contribution in [2.24, 2.45) is 0 Å². The number of amides is 1. The number of H-pyrrole nitrogens is 1. The van der Waals surface area contributed by atoms with E-state index in [1.54, 1.807) is 0 Å². The molecule has 0 saturated carbocycles. The molecule has 1 aliphatic rings. The highest BCUT2D eigenvalue weighted by atomic mass is 16.5. The van der Waals surface area contributed by atoms with Crippen LogP contribution in [0.25, 0.3) is 10.9 Å². The first-order valence-corrected chi connectivity index (χ1v) is 7.54. The molecule has 0 spiro atoms. The lowest BCUT2D eigenvalue weighted by Crippen LogP contribution is -2.41. The SMILES string of the molecule is CC(C)(CNC(=O)C1CCCO1)c1c[nH]c2ccccc12. The summed E-state index contributed by atoms with van der Waals surface area (Å²) in [6, 6.07) is 8.25. The van der Waals surface area contributed by atoms with E-state index in [-0.39, 0.29) is 17.4 Å². The van der Waals surface area contributed by atoms with Crippen LogP contribution < -0.4 is 5.32 Å². The van der Waals surface area contributed by atoms with Crippen molar-refractivity contribution in [1.29, 1.82) is 0 Å². The molecule has 3 rings (SSSR count). The maximum Gasteiger partial charge on any atom is 0.249 e. The lowest BCUT2D eigenvalue weighted by atomic mass is 9.84. The largest absolute Gasteiger partial charge is 0.368 e. The van der Waals surface area contributed by atoms with Crippen LogP contribution >= 0.6 is 0 Å². The van der Waals surface area contributed by atoms with Crippen molar-refractivity contribution in [3.8, 4) is 0 Å². The predicted molar refractivity (Wildman–Crippen MR) is 83.3 cm³/mol. The molecule has 2 N–H and O–H groups in total. The van der Waals surface area contributed by atoms with Gasteiger partial charge < -0.3 is 15.0 Å². The van der Waals surface area contributed by atoms with E-state index in [9.17, 15) is 4.79 Å². The second kappa shape index (κ2) is 5.53. The molecular weight excluding hydrogens is 264 g/mol. The third-order valence-electron chi connectivity index (χ3n) is 4.25. The molecule has 0 radical (unpaired) electrons. The van der Waals surface area contributed by atoms with E-state index in [1.165, 1.54) is 10.9 Å². The van der Waals surface area contributed by atoms with Gasteiger partial charge in [0.1, 0.15) is 6.10 Å². The van der Waals surface area contributed by atoms with Crippen molar-refractivity contribution in [1.82, 2.24) is 10.3 Å². The molecule has 4 nitrogen and oxygen atoms in total. The highest BCUT2D eigenvalue weighted by Gasteiger charge is 2.28. The summed E-state index contributed by atoms with van der Waals surface area (Å²) in [5.41, 5.74) is 2.23. The fourth-order valence-corrected chi connectivity index (χ4v) is 2.93. The summed E-state index contributed by atoms with van der Waals surface area (Å²) in [5.74, 6) is 0.0143. The van der Waals surface area contributed by atoms with Crippen molar-refractivity contribution in [3.63, 3.8) is 0 Å². The molecule has 112 valence electrons. The van der Waals surface area contributed by atoms with Crippen LogP contribution in [0.1, 0.15) is 32.3 Å². The van der Waals surface area contributed by atoms with Crippen molar-refractivity contribution < 1.29 is 9.53 Å². The lowest BCUT2D eigenvalue weighted by Gasteiger charge is -2.25. The number of hydrogen-bond acceptors (Lipinski definition) is 2. The molecule has 1 aliphatic heterocycles. The van der Waals surface area contributed by atoms with E-state index >= 15 is 0 Å². The van der Waals surface area contributed by atoms with Crippen LogP contribution in [0.2, 0.25) is 0 Å². The van der Waals surface area contributed by atoms with Crippen LogP contribution in [-0.2, 0) is 14.9 Å². The summed E-state index contributed by atoms with van der Waals surface area (Å²) >= 11 is 0. The Bertz CT molecular complexity index is 639. The molecule has 1 atom stereocenters. The Morgan fingerprint density at radius 3 is 3.00 bits per heavy atom. The number of nitrogens with one attached hydrogen (secondary N) is 2. The van der Waals surface area contributed by atoms with Gasteiger partial charge in [0.15, 0.2) is 0 Å². The summed E-state index contributed by atoms with van der Waals surface area (Å²) < 4.78 is 5.42. The van der Waals surface area contributed by atoms with Crippen LogP contribution in [0.3, 0.4) is 0 Å². The van der Waals surface area contributed by atoms with Gasteiger partial charge in [-0.3, -0.25) is 4.79 Å². The van der Waals surface area contributed by atoms with Gasteiger partial charge in [-0.1, -0.05) is 32.0 Å². The number of carbonyl (C=O) groups is 1. The summed E-state index contributed by atoms with van der Waals surface area (Å²) in [5, 5.41) is 4.26. The van der Waals surface area contributed by atoms with Crippen molar-refractivity contribution in [3.05, 3.63) is 36.0 Å². The van der Waals surface area contributed by atoms with Crippen molar-refractivity contribution >= 4 is 16.8 Å². The standard InChI is InChI=1S/C17H22N2O2/c1-17(2,11-19-16(20)15-8-5-9-21-15)13-10-18-14-7-4-3-6-12(13)14/h3-4,6-7,10,15,18H,5,8-9,11H2,1-2H3,(H,19,20). The average molecular weight is 286 g/mol. The molecule has 1 unspecified atom stereocenters. The Kier molecular flexibility index (Phi) is 3.72. The average Bonchev–Trinajstić information content (AvgIpc) is 3.14. The number of carbonyl (C=O) groups excluding carboxylic acids is 1. The number of aromatic nitrogens is 1. The fraction of sp³-hybridized carbons (Fsp3) is 0.471.